The lowest BCUT2D eigenvalue weighted by molar-refractivity contribution is 0.612. The number of hydrogen-bond acceptors (Lipinski definition) is 1. The SMILES string of the molecule is Cc1cccc(NCc2cc(Br)ccc2F)c1C. The van der Waals surface area contributed by atoms with Gasteiger partial charge in [-0.2, -0.15) is 0 Å². The zero-order valence-corrected chi connectivity index (χ0v) is 12.0. The lowest BCUT2D eigenvalue weighted by Crippen LogP contribution is -2.03. The third-order valence-electron chi connectivity index (χ3n) is 3.08. The minimum absolute atomic E-state index is 0.184. The molecule has 2 aromatic rings. The number of hydrogen-bond donors (Lipinski definition) is 1. The zero-order chi connectivity index (χ0) is 13.1. The van der Waals surface area contributed by atoms with Crippen LogP contribution in [0.2, 0.25) is 0 Å². The van der Waals surface area contributed by atoms with E-state index in [1.165, 1.54) is 17.2 Å². The summed E-state index contributed by atoms with van der Waals surface area (Å²) in [6, 6.07) is 11.1. The van der Waals surface area contributed by atoms with E-state index >= 15 is 0 Å². The summed E-state index contributed by atoms with van der Waals surface area (Å²) in [5.41, 5.74) is 4.14. The number of rotatable bonds is 3. The highest BCUT2D eigenvalue weighted by atomic mass is 79.9. The van der Waals surface area contributed by atoms with Crippen LogP contribution in [-0.4, -0.2) is 0 Å². The second kappa shape index (κ2) is 5.53. The first-order valence-corrected chi connectivity index (χ1v) is 6.61. The molecule has 0 aliphatic carbocycles. The molecule has 0 amide bonds. The summed E-state index contributed by atoms with van der Waals surface area (Å²) in [5, 5.41) is 3.28. The van der Waals surface area contributed by atoms with Crippen molar-refractivity contribution in [3.05, 3.63) is 63.4 Å². The van der Waals surface area contributed by atoms with Gasteiger partial charge in [-0.15, -0.1) is 0 Å². The molecule has 0 spiro atoms. The maximum atomic E-state index is 13.6. The van der Waals surface area contributed by atoms with Gasteiger partial charge >= 0.3 is 0 Å². The summed E-state index contributed by atoms with van der Waals surface area (Å²) in [6.45, 7) is 4.62. The highest BCUT2D eigenvalue weighted by molar-refractivity contribution is 9.10. The Morgan fingerprint density at radius 2 is 1.94 bits per heavy atom. The first-order valence-electron chi connectivity index (χ1n) is 5.82. The Hall–Kier alpha value is -1.35. The zero-order valence-electron chi connectivity index (χ0n) is 10.4. The molecule has 0 bridgehead atoms. The lowest BCUT2D eigenvalue weighted by Gasteiger charge is -2.12. The van der Waals surface area contributed by atoms with Gasteiger partial charge in [-0.25, -0.2) is 4.39 Å². The van der Waals surface area contributed by atoms with Crippen LogP contribution in [0.15, 0.2) is 40.9 Å². The molecular formula is C15H15BrFN. The van der Waals surface area contributed by atoms with Crippen molar-refractivity contribution in [1.82, 2.24) is 0 Å². The first kappa shape index (κ1) is 13.1. The second-order valence-electron chi connectivity index (χ2n) is 4.34. The number of anilines is 1. The average molecular weight is 308 g/mol. The fraction of sp³-hybridized carbons (Fsp3) is 0.200. The Labute approximate surface area is 115 Å². The highest BCUT2D eigenvalue weighted by Gasteiger charge is 2.04. The van der Waals surface area contributed by atoms with Gasteiger partial charge in [-0.05, 0) is 49.2 Å². The standard InChI is InChI=1S/C15H15BrFN/c1-10-4-3-5-15(11(10)2)18-9-12-8-13(16)6-7-14(12)17/h3-8,18H,9H2,1-2H3. The molecule has 0 aliphatic rings. The molecule has 2 rings (SSSR count). The van der Waals surface area contributed by atoms with Crippen LogP contribution in [0.1, 0.15) is 16.7 Å². The fourth-order valence-corrected chi connectivity index (χ4v) is 2.22. The molecule has 0 atom stereocenters. The van der Waals surface area contributed by atoms with E-state index in [9.17, 15) is 4.39 Å². The molecule has 3 heteroatoms. The summed E-state index contributed by atoms with van der Waals surface area (Å²) < 4.78 is 14.5. The van der Waals surface area contributed by atoms with Crippen molar-refractivity contribution in [3.8, 4) is 0 Å². The molecule has 0 heterocycles. The average Bonchev–Trinajstić information content (AvgIpc) is 2.35. The predicted octanol–water partition coefficient (Wildman–Crippen LogP) is 4.82. The van der Waals surface area contributed by atoms with Crippen molar-refractivity contribution in [2.24, 2.45) is 0 Å². The normalized spacial score (nSPS) is 10.4. The maximum absolute atomic E-state index is 13.6. The van der Waals surface area contributed by atoms with Gasteiger partial charge < -0.3 is 5.32 Å². The van der Waals surface area contributed by atoms with Gasteiger partial charge in [0, 0.05) is 22.3 Å². The molecule has 94 valence electrons. The maximum Gasteiger partial charge on any atom is 0.128 e. The molecule has 2 aromatic carbocycles. The molecule has 0 radical (unpaired) electrons. The van der Waals surface area contributed by atoms with Crippen LogP contribution in [0.25, 0.3) is 0 Å². The van der Waals surface area contributed by atoms with E-state index in [4.69, 9.17) is 0 Å². The molecule has 0 fully saturated rings. The molecule has 1 nitrogen and oxygen atoms in total. The van der Waals surface area contributed by atoms with Gasteiger partial charge in [-0.1, -0.05) is 28.1 Å². The molecule has 0 saturated heterocycles. The Morgan fingerprint density at radius 3 is 2.72 bits per heavy atom. The van der Waals surface area contributed by atoms with Gasteiger partial charge in [0.15, 0.2) is 0 Å². The van der Waals surface area contributed by atoms with Crippen LogP contribution in [0, 0.1) is 19.7 Å². The van der Waals surface area contributed by atoms with Crippen molar-refractivity contribution in [2.75, 3.05) is 5.32 Å². The Kier molecular flexibility index (Phi) is 4.02. The van der Waals surface area contributed by atoms with E-state index in [2.05, 4.69) is 41.2 Å². The number of aryl methyl sites for hydroxylation is 1. The summed E-state index contributed by atoms with van der Waals surface area (Å²) >= 11 is 3.35. The molecule has 1 N–H and O–H groups in total. The minimum Gasteiger partial charge on any atom is -0.381 e. The van der Waals surface area contributed by atoms with Crippen LogP contribution in [0.3, 0.4) is 0 Å². The summed E-state index contributed by atoms with van der Waals surface area (Å²) in [6.07, 6.45) is 0. The molecular weight excluding hydrogens is 293 g/mol. The van der Waals surface area contributed by atoms with E-state index in [-0.39, 0.29) is 5.82 Å². The molecule has 0 unspecified atom stereocenters. The third kappa shape index (κ3) is 2.91. The second-order valence-corrected chi connectivity index (χ2v) is 5.25. The quantitative estimate of drug-likeness (QED) is 0.857. The number of nitrogens with one attached hydrogen (secondary N) is 1. The molecule has 0 saturated carbocycles. The van der Waals surface area contributed by atoms with E-state index in [1.807, 2.05) is 12.1 Å². The minimum atomic E-state index is -0.184. The lowest BCUT2D eigenvalue weighted by atomic mass is 10.1. The number of halogens is 2. The third-order valence-corrected chi connectivity index (χ3v) is 3.57. The van der Waals surface area contributed by atoms with Gasteiger partial charge in [0.1, 0.15) is 5.82 Å². The van der Waals surface area contributed by atoms with Gasteiger partial charge in [0.25, 0.3) is 0 Å². The fourth-order valence-electron chi connectivity index (χ4n) is 1.81. The van der Waals surface area contributed by atoms with E-state index < -0.39 is 0 Å². The van der Waals surface area contributed by atoms with Gasteiger partial charge in [0.2, 0.25) is 0 Å². The largest absolute Gasteiger partial charge is 0.381 e. The Bertz CT molecular complexity index is 564. The highest BCUT2D eigenvalue weighted by Crippen LogP contribution is 2.21. The van der Waals surface area contributed by atoms with Crippen molar-refractivity contribution in [2.45, 2.75) is 20.4 Å². The first-order chi connectivity index (χ1) is 8.58. The number of benzene rings is 2. The van der Waals surface area contributed by atoms with Gasteiger partial charge in [0.05, 0.1) is 0 Å². The monoisotopic (exact) mass is 307 g/mol. The topological polar surface area (TPSA) is 12.0 Å². The van der Waals surface area contributed by atoms with Crippen LogP contribution in [0.5, 0.6) is 0 Å². The van der Waals surface area contributed by atoms with Crippen molar-refractivity contribution in [1.29, 1.82) is 0 Å². The summed E-state index contributed by atoms with van der Waals surface area (Å²) in [4.78, 5) is 0. The van der Waals surface area contributed by atoms with Crippen LogP contribution in [-0.2, 0) is 6.54 Å². The van der Waals surface area contributed by atoms with Gasteiger partial charge in [-0.3, -0.25) is 0 Å². The Balaban J connectivity index is 2.16. The van der Waals surface area contributed by atoms with Crippen LogP contribution >= 0.6 is 15.9 Å². The molecule has 0 aromatic heterocycles. The van der Waals surface area contributed by atoms with Crippen LogP contribution < -0.4 is 5.32 Å². The predicted molar refractivity (Wildman–Crippen MR) is 77.3 cm³/mol. The van der Waals surface area contributed by atoms with E-state index in [0.717, 1.165) is 10.2 Å². The summed E-state index contributed by atoms with van der Waals surface area (Å²) in [7, 11) is 0. The summed E-state index contributed by atoms with van der Waals surface area (Å²) in [5.74, 6) is -0.184. The smallest absolute Gasteiger partial charge is 0.128 e. The van der Waals surface area contributed by atoms with Crippen molar-refractivity contribution >= 4 is 21.6 Å². The van der Waals surface area contributed by atoms with E-state index in [1.54, 1.807) is 12.1 Å². The van der Waals surface area contributed by atoms with E-state index in [0.29, 0.717) is 12.1 Å². The molecule has 0 aliphatic heterocycles. The van der Waals surface area contributed by atoms with Crippen LogP contribution in [0.4, 0.5) is 10.1 Å². The molecule has 18 heavy (non-hydrogen) atoms. The Morgan fingerprint density at radius 1 is 1.17 bits per heavy atom. The van der Waals surface area contributed by atoms with Crippen molar-refractivity contribution in [3.63, 3.8) is 0 Å². The van der Waals surface area contributed by atoms with Crippen molar-refractivity contribution < 1.29 is 4.39 Å².